The number of nitrogens with two attached hydrogens (primary N) is 1. The zero-order valence-electron chi connectivity index (χ0n) is 6.19. The van der Waals surface area contributed by atoms with Crippen molar-refractivity contribution < 1.29 is 4.79 Å². The average molecular weight is 151 g/mol. The van der Waals surface area contributed by atoms with Gasteiger partial charge in [0.15, 0.2) is 0 Å². The molecule has 11 heavy (non-hydrogen) atoms. The van der Waals surface area contributed by atoms with Crippen molar-refractivity contribution in [3.8, 4) is 0 Å². The van der Waals surface area contributed by atoms with Crippen molar-refractivity contribution >= 4 is 5.91 Å². The topological polar surface area (TPSA) is 59.2 Å². The van der Waals surface area contributed by atoms with Crippen LogP contribution < -0.4 is 5.84 Å². The van der Waals surface area contributed by atoms with Crippen LogP contribution in [0.3, 0.4) is 0 Å². The van der Waals surface area contributed by atoms with Crippen LogP contribution in [0.5, 0.6) is 0 Å². The van der Waals surface area contributed by atoms with Crippen LogP contribution in [-0.2, 0) is 0 Å². The number of aromatic nitrogens is 1. The molecule has 0 aromatic carbocycles. The van der Waals surface area contributed by atoms with E-state index in [-0.39, 0.29) is 5.91 Å². The summed E-state index contributed by atoms with van der Waals surface area (Å²) in [5.41, 5.74) is 0.546. The van der Waals surface area contributed by atoms with Crippen LogP contribution >= 0.6 is 0 Å². The second-order valence-corrected chi connectivity index (χ2v) is 2.15. The highest BCUT2D eigenvalue weighted by atomic mass is 16.2. The molecule has 0 fully saturated rings. The van der Waals surface area contributed by atoms with Gasteiger partial charge in [0.25, 0.3) is 5.91 Å². The number of carbonyl (C=O) groups excluding carboxylic acids is 1. The number of hydrazine groups is 1. The van der Waals surface area contributed by atoms with Gasteiger partial charge in [-0.2, -0.15) is 0 Å². The van der Waals surface area contributed by atoms with Crippen molar-refractivity contribution in [2.45, 2.75) is 0 Å². The smallest absolute Gasteiger partial charge is 0.267 e. The van der Waals surface area contributed by atoms with Crippen molar-refractivity contribution in [1.82, 2.24) is 9.99 Å². The standard InChI is InChI=1S/C7H9N3O/c1-10(8)7(11)6-2-4-9-5-3-6/h2-5H,8H2,1H3. The van der Waals surface area contributed by atoms with Crippen LogP contribution in [0, 0.1) is 0 Å². The first-order valence-electron chi connectivity index (χ1n) is 3.14. The maximum absolute atomic E-state index is 11.1. The maximum Gasteiger partial charge on any atom is 0.267 e. The third-order valence-electron chi connectivity index (χ3n) is 1.25. The van der Waals surface area contributed by atoms with Crippen molar-refractivity contribution in [1.29, 1.82) is 0 Å². The van der Waals surface area contributed by atoms with E-state index in [1.165, 1.54) is 7.05 Å². The Hall–Kier alpha value is -1.42. The van der Waals surface area contributed by atoms with E-state index in [0.29, 0.717) is 5.56 Å². The Kier molecular flexibility index (Phi) is 2.18. The van der Waals surface area contributed by atoms with E-state index in [9.17, 15) is 4.79 Å². The van der Waals surface area contributed by atoms with Gasteiger partial charge in [0.2, 0.25) is 0 Å². The molecular weight excluding hydrogens is 142 g/mol. The third kappa shape index (κ3) is 1.75. The lowest BCUT2D eigenvalue weighted by Crippen LogP contribution is -2.32. The summed E-state index contributed by atoms with van der Waals surface area (Å²) in [4.78, 5) is 14.9. The Balaban J connectivity index is 2.86. The number of amides is 1. The average Bonchev–Trinajstić information content (AvgIpc) is 2.05. The molecule has 2 N–H and O–H groups in total. The predicted octanol–water partition coefficient (Wildman–Crippen LogP) is 0.0273. The highest BCUT2D eigenvalue weighted by Crippen LogP contribution is 1.97. The molecule has 1 aromatic rings. The van der Waals surface area contributed by atoms with Gasteiger partial charge in [0.05, 0.1) is 0 Å². The molecule has 4 heteroatoms. The SMILES string of the molecule is CN(N)C(=O)c1ccncc1. The summed E-state index contributed by atoms with van der Waals surface area (Å²) in [6.45, 7) is 0. The Morgan fingerprint density at radius 2 is 2.09 bits per heavy atom. The van der Waals surface area contributed by atoms with Gasteiger partial charge in [-0.3, -0.25) is 14.8 Å². The number of hydrogen-bond acceptors (Lipinski definition) is 3. The van der Waals surface area contributed by atoms with E-state index in [2.05, 4.69) is 4.98 Å². The monoisotopic (exact) mass is 151 g/mol. The fourth-order valence-electron chi connectivity index (χ4n) is 0.698. The largest absolute Gasteiger partial charge is 0.280 e. The van der Waals surface area contributed by atoms with Crippen molar-refractivity contribution in [2.75, 3.05) is 7.05 Å². The van der Waals surface area contributed by atoms with Gasteiger partial charge in [0.1, 0.15) is 0 Å². The minimum atomic E-state index is -0.215. The molecule has 1 rings (SSSR count). The zero-order valence-corrected chi connectivity index (χ0v) is 6.19. The molecular formula is C7H9N3O. The molecule has 0 radical (unpaired) electrons. The summed E-state index contributed by atoms with van der Waals surface area (Å²) in [5, 5.41) is 1.04. The van der Waals surface area contributed by atoms with E-state index >= 15 is 0 Å². The molecule has 0 unspecified atom stereocenters. The van der Waals surface area contributed by atoms with Gasteiger partial charge in [-0.15, -0.1) is 0 Å². The molecule has 0 spiro atoms. The summed E-state index contributed by atoms with van der Waals surface area (Å²) in [6.07, 6.45) is 3.10. The second kappa shape index (κ2) is 3.12. The van der Waals surface area contributed by atoms with E-state index in [1.54, 1.807) is 24.5 Å². The summed E-state index contributed by atoms with van der Waals surface area (Å²) >= 11 is 0. The molecule has 0 saturated carbocycles. The molecule has 0 saturated heterocycles. The molecule has 58 valence electrons. The van der Waals surface area contributed by atoms with Crippen LogP contribution in [-0.4, -0.2) is 22.9 Å². The summed E-state index contributed by atoms with van der Waals surface area (Å²) in [7, 11) is 1.50. The Morgan fingerprint density at radius 1 is 1.55 bits per heavy atom. The number of nitrogens with zero attached hydrogens (tertiary/aromatic N) is 2. The molecule has 1 aromatic heterocycles. The molecule has 0 bridgehead atoms. The fourth-order valence-corrected chi connectivity index (χ4v) is 0.698. The van der Waals surface area contributed by atoms with Gasteiger partial charge in [-0.25, -0.2) is 5.84 Å². The number of hydrogen-bond donors (Lipinski definition) is 1. The molecule has 0 aliphatic heterocycles. The highest BCUT2D eigenvalue weighted by molar-refractivity contribution is 5.93. The minimum Gasteiger partial charge on any atom is -0.280 e. The first kappa shape index (κ1) is 7.68. The van der Waals surface area contributed by atoms with Crippen molar-refractivity contribution in [3.63, 3.8) is 0 Å². The lowest BCUT2D eigenvalue weighted by molar-refractivity contribution is 0.0795. The number of pyridine rings is 1. The molecule has 1 heterocycles. The first-order valence-corrected chi connectivity index (χ1v) is 3.14. The van der Waals surface area contributed by atoms with Crippen LogP contribution in [0.15, 0.2) is 24.5 Å². The lowest BCUT2D eigenvalue weighted by atomic mass is 10.2. The zero-order chi connectivity index (χ0) is 8.27. The maximum atomic E-state index is 11.1. The van der Waals surface area contributed by atoms with Gasteiger partial charge in [-0.05, 0) is 12.1 Å². The van der Waals surface area contributed by atoms with E-state index in [1.807, 2.05) is 0 Å². The Labute approximate surface area is 64.6 Å². The summed E-state index contributed by atoms with van der Waals surface area (Å²) in [5.74, 6) is 5.02. The van der Waals surface area contributed by atoms with Crippen molar-refractivity contribution in [2.24, 2.45) is 5.84 Å². The Bertz CT molecular complexity index is 245. The van der Waals surface area contributed by atoms with Gasteiger partial charge < -0.3 is 0 Å². The van der Waals surface area contributed by atoms with Crippen LogP contribution in [0.4, 0.5) is 0 Å². The predicted molar refractivity (Wildman–Crippen MR) is 40.5 cm³/mol. The van der Waals surface area contributed by atoms with Crippen LogP contribution in [0.25, 0.3) is 0 Å². The highest BCUT2D eigenvalue weighted by Gasteiger charge is 2.05. The summed E-state index contributed by atoms with van der Waals surface area (Å²) in [6, 6.07) is 3.23. The Morgan fingerprint density at radius 3 is 2.55 bits per heavy atom. The lowest BCUT2D eigenvalue weighted by Gasteiger charge is -2.08. The van der Waals surface area contributed by atoms with E-state index < -0.39 is 0 Å². The van der Waals surface area contributed by atoms with Crippen LogP contribution in [0.2, 0.25) is 0 Å². The number of carbonyl (C=O) groups is 1. The van der Waals surface area contributed by atoms with Crippen molar-refractivity contribution in [3.05, 3.63) is 30.1 Å². The van der Waals surface area contributed by atoms with Crippen LogP contribution in [0.1, 0.15) is 10.4 Å². The number of rotatable bonds is 1. The minimum absolute atomic E-state index is 0.215. The second-order valence-electron chi connectivity index (χ2n) is 2.15. The molecule has 1 amide bonds. The van der Waals surface area contributed by atoms with E-state index in [4.69, 9.17) is 5.84 Å². The molecule has 0 aliphatic carbocycles. The normalized spacial score (nSPS) is 9.27. The molecule has 4 nitrogen and oxygen atoms in total. The summed E-state index contributed by atoms with van der Waals surface area (Å²) < 4.78 is 0. The van der Waals surface area contributed by atoms with Gasteiger partial charge >= 0.3 is 0 Å². The van der Waals surface area contributed by atoms with E-state index in [0.717, 1.165) is 5.01 Å². The van der Waals surface area contributed by atoms with Gasteiger partial charge in [-0.1, -0.05) is 0 Å². The van der Waals surface area contributed by atoms with Gasteiger partial charge in [0, 0.05) is 25.0 Å². The fraction of sp³-hybridized carbons (Fsp3) is 0.143. The third-order valence-corrected chi connectivity index (χ3v) is 1.25. The molecule has 0 atom stereocenters. The molecule has 0 aliphatic rings. The first-order chi connectivity index (χ1) is 5.22. The quantitative estimate of drug-likeness (QED) is 0.350.